The van der Waals surface area contributed by atoms with Gasteiger partial charge in [0, 0.05) is 13.6 Å². The quantitative estimate of drug-likeness (QED) is 0.887. The Hall–Kier alpha value is -0.910. The van der Waals surface area contributed by atoms with Gasteiger partial charge in [0.05, 0.1) is 6.54 Å². The number of rotatable bonds is 5. The van der Waals surface area contributed by atoms with Gasteiger partial charge in [-0.3, -0.25) is 9.69 Å². The molecule has 4 nitrogen and oxygen atoms in total. The van der Waals surface area contributed by atoms with Crippen LogP contribution in [0.25, 0.3) is 0 Å². The molecule has 0 aromatic carbocycles. The van der Waals surface area contributed by atoms with Crippen LogP contribution in [0.4, 0.5) is 0 Å². The van der Waals surface area contributed by atoms with Crippen LogP contribution in [0.3, 0.4) is 0 Å². The molecule has 2 N–H and O–H groups in total. The van der Waals surface area contributed by atoms with Crippen molar-refractivity contribution in [3.63, 3.8) is 0 Å². The lowest BCUT2D eigenvalue weighted by Gasteiger charge is -2.31. The van der Waals surface area contributed by atoms with Crippen LogP contribution in [0, 0.1) is 5.92 Å². The molecule has 1 aromatic heterocycles. The van der Waals surface area contributed by atoms with E-state index >= 15 is 0 Å². The maximum atomic E-state index is 12.2. The lowest BCUT2D eigenvalue weighted by molar-refractivity contribution is -0.132. The van der Waals surface area contributed by atoms with Gasteiger partial charge in [0.15, 0.2) is 0 Å². The summed E-state index contributed by atoms with van der Waals surface area (Å²) < 4.78 is 0. The summed E-state index contributed by atoms with van der Waals surface area (Å²) in [5.74, 6) is 0.854. The third-order valence-corrected chi connectivity index (χ3v) is 4.56. The second kappa shape index (κ2) is 7.03. The highest BCUT2D eigenvalue weighted by atomic mass is 32.1. The molecule has 2 rings (SSSR count). The summed E-state index contributed by atoms with van der Waals surface area (Å²) >= 11 is 1.67. The second-order valence-corrected chi connectivity index (χ2v) is 6.12. The molecule has 0 aliphatic carbocycles. The number of hydrogen-bond donors (Lipinski definition) is 1. The molecule has 1 saturated heterocycles. The van der Waals surface area contributed by atoms with Crippen LogP contribution in [0.1, 0.15) is 18.4 Å². The fourth-order valence-electron chi connectivity index (χ4n) is 2.44. The first kappa shape index (κ1) is 14.5. The van der Waals surface area contributed by atoms with Crippen molar-refractivity contribution in [1.29, 1.82) is 0 Å². The van der Waals surface area contributed by atoms with Crippen molar-refractivity contribution in [3.05, 3.63) is 22.4 Å². The van der Waals surface area contributed by atoms with E-state index in [1.807, 2.05) is 17.3 Å². The Bertz CT molecular complexity index is 385. The molecule has 1 aromatic rings. The van der Waals surface area contributed by atoms with Gasteiger partial charge in [0.25, 0.3) is 0 Å². The summed E-state index contributed by atoms with van der Waals surface area (Å²) in [6.45, 7) is 4.03. The smallest absolute Gasteiger partial charge is 0.236 e. The Morgan fingerprint density at radius 2 is 2.26 bits per heavy atom. The number of nitrogens with two attached hydrogens (primary N) is 1. The standard InChI is InChI=1S/C14H23N3OS/c1-16(9-13-4-7-19-11-13)14(18)10-17-5-2-12(8-15)3-6-17/h4,7,11-12H,2-3,5-6,8-10,15H2,1H3. The van der Waals surface area contributed by atoms with Crippen molar-refractivity contribution in [2.24, 2.45) is 11.7 Å². The van der Waals surface area contributed by atoms with E-state index in [1.54, 1.807) is 11.3 Å². The predicted octanol–water partition coefficient (Wildman–Crippen LogP) is 1.38. The molecule has 0 spiro atoms. The van der Waals surface area contributed by atoms with Crippen molar-refractivity contribution in [2.45, 2.75) is 19.4 Å². The van der Waals surface area contributed by atoms with E-state index in [0.29, 0.717) is 19.0 Å². The van der Waals surface area contributed by atoms with Gasteiger partial charge in [-0.1, -0.05) is 0 Å². The largest absolute Gasteiger partial charge is 0.340 e. The minimum atomic E-state index is 0.206. The number of piperidine rings is 1. The molecular formula is C14H23N3OS. The third kappa shape index (κ3) is 4.30. The Morgan fingerprint density at radius 3 is 2.84 bits per heavy atom. The van der Waals surface area contributed by atoms with Crippen molar-refractivity contribution < 1.29 is 4.79 Å². The lowest BCUT2D eigenvalue weighted by atomic mass is 9.97. The van der Waals surface area contributed by atoms with Crippen LogP contribution in [0.15, 0.2) is 16.8 Å². The van der Waals surface area contributed by atoms with Crippen LogP contribution < -0.4 is 5.73 Å². The highest BCUT2D eigenvalue weighted by Gasteiger charge is 2.21. The zero-order chi connectivity index (χ0) is 13.7. The van der Waals surface area contributed by atoms with Gasteiger partial charge in [-0.15, -0.1) is 0 Å². The summed E-state index contributed by atoms with van der Waals surface area (Å²) in [7, 11) is 1.88. The minimum Gasteiger partial charge on any atom is -0.340 e. The van der Waals surface area contributed by atoms with Crippen LogP contribution in [0.5, 0.6) is 0 Å². The first-order valence-corrected chi connectivity index (χ1v) is 7.80. The van der Waals surface area contributed by atoms with Gasteiger partial charge in [-0.05, 0) is 60.8 Å². The van der Waals surface area contributed by atoms with Gasteiger partial charge in [0.2, 0.25) is 5.91 Å². The monoisotopic (exact) mass is 281 g/mol. The summed E-state index contributed by atoms with van der Waals surface area (Å²) in [4.78, 5) is 16.2. The number of carbonyl (C=O) groups is 1. The molecule has 1 amide bonds. The van der Waals surface area contributed by atoms with Gasteiger partial charge < -0.3 is 10.6 Å². The highest BCUT2D eigenvalue weighted by molar-refractivity contribution is 7.07. The zero-order valence-electron chi connectivity index (χ0n) is 11.5. The molecule has 106 valence electrons. The number of amides is 1. The molecule has 2 heterocycles. The normalized spacial score (nSPS) is 17.6. The summed E-state index contributed by atoms with van der Waals surface area (Å²) in [5.41, 5.74) is 6.89. The van der Waals surface area contributed by atoms with E-state index in [2.05, 4.69) is 16.3 Å². The highest BCUT2D eigenvalue weighted by Crippen LogP contribution is 2.16. The number of nitrogens with zero attached hydrogens (tertiary/aromatic N) is 2. The number of thiophene rings is 1. The van der Waals surface area contributed by atoms with E-state index < -0.39 is 0 Å². The molecule has 0 saturated carbocycles. The average molecular weight is 281 g/mol. The number of likely N-dealkylation sites (tertiary alicyclic amines) is 1. The topological polar surface area (TPSA) is 49.6 Å². The number of likely N-dealkylation sites (N-methyl/N-ethyl adjacent to an activating group) is 1. The molecule has 0 unspecified atom stereocenters. The molecular weight excluding hydrogens is 258 g/mol. The van der Waals surface area contributed by atoms with Crippen molar-refractivity contribution in [1.82, 2.24) is 9.80 Å². The van der Waals surface area contributed by atoms with E-state index in [4.69, 9.17) is 5.73 Å². The Balaban J connectivity index is 1.74. The van der Waals surface area contributed by atoms with Crippen LogP contribution >= 0.6 is 11.3 Å². The molecule has 0 radical (unpaired) electrons. The first-order chi connectivity index (χ1) is 9.19. The van der Waals surface area contributed by atoms with Gasteiger partial charge in [-0.2, -0.15) is 11.3 Å². The van der Waals surface area contributed by atoms with Gasteiger partial charge in [-0.25, -0.2) is 0 Å². The summed E-state index contributed by atoms with van der Waals surface area (Å²) in [5, 5.41) is 4.14. The molecule has 0 bridgehead atoms. The maximum absolute atomic E-state index is 12.2. The predicted molar refractivity (Wildman–Crippen MR) is 79.0 cm³/mol. The van der Waals surface area contributed by atoms with E-state index in [9.17, 15) is 4.79 Å². The Labute approximate surface area is 119 Å². The van der Waals surface area contributed by atoms with E-state index in [-0.39, 0.29) is 5.91 Å². The lowest BCUT2D eigenvalue weighted by Crippen LogP contribution is -2.42. The number of carbonyl (C=O) groups excluding carboxylic acids is 1. The van der Waals surface area contributed by atoms with Crippen LogP contribution in [0.2, 0.25) is 0 Å². The van der Waals surface area contributed by atoms with Gasteiger partial charge >= 0.3 is 0 Å². The van der Waals surface area contributed by atoms with Crippen molar-refractivity contribution in [3.8, 4) is 0 Å². The third-order valence-electron chi connectivity index (χ3n) is 3.82. The van der Waals surface area contributed by atoms with Gasteiger partial charge in [0.1, 0.15) is 0 Å². The fourth-order valence-corrected chi connectivity index (χ4v) is 3.10. The molecule has 1 aliphatic rings. The zero-order valence-corrected chi connectivity index (χ0v) is 12.4. The molecule has 1 aliphatic heterocycles. The molecule has 5 heteroatoms. The first-order valence-electron chi connectivity index (χ1n) is 6.86. The molecule has 1 fully saturated rings. The Morgan fingerprint density at radius 1 is 1.53 bits per heavy atom. The average Bonchev–Trinajstić information content (AvgIpc) is 2.92. The maximum Gasteiger partial charge on any atom is 0.236 e. The summed E-state index contributed by atoms with van der Waals surface area (Å²) in [6.07, 6.45) is 2.25. The second-order valence-electron chi connectivity index (χ2n) is 5.34. The molecule has 0 atom stereocenters. The van der Waals surface area contributed by atoms with Crippen LogP contribution in [-0.4, -0.2) is 48.9 Å². The Kier molecular flexibility index (Phi) is 5.36. The summed E-state index contributed by atoms with van der Waals surface area (Å²) in [6, 6.07) is 2.07. The molecule has 19 heavy (non-hydrogen) atoms. The van der Waals surface area contributed by atoms with E-state index in [0.717, 1.165) is 32.5 Å². The SMILES string of the molecule is CN(Cc1ccsc1)C(=O)CN1CCC(CN)CC1. The minimum absolute atomic E-state index is 0.206. The van der Waals surface area contributed by atoms with Crippen LogP contribution in [-0.2, 0) is 11.3 Å². The van der Waals surface area contributed by atoms with Crippen molar-refractivity contribution in [2.75, 3.05) is 33.2 Å². The van der Waals surface area contributed by atoms with Crippen molar-refractivity contribution >= 4 is 17.2 Å². The van der Waals surface area contributed by atoms with E-state index in [1.165, 1.54) is 5.56 Å². The fraction of sp³-hybridized carbons (Fsp3) is 0.643. The number of hydrogen-bond acceptors (Lipinski definition) is 4.